The van der Waals surface area contributed by atoms with Gasteiger partial charge < -0.3 is 14.2 Å². The van der Waals surface area contributed by atoms with E-state index in [1.807, 2.05) is 0 Å². The molecule has 6 heteroatoms. The molecule has 0 heterocycles. The van der Waals surface area contributed by atoms with Crippen molar-refractivity contribution in [2.24, 2.45) is 0 Å². The minimum Gasteiger partial charge on any atom is -0.462 e. The largest absolute Gasteiger partial charge is 0.462 e. The van der Waals surface area contributed by atoms with Crippen molar-refractivity contribution in [3.63, 3.8) is 0 Å². The van der Waals surface area contributed by atoms with Crippen LogP contribution < -0.4 is 0 Å². The van der Waals surface area contributed by atoms with Crippen LogP contribution in [0.5, 0.6) is 0 Å². The summed E-state index contributed by atoms with van der Waals surface area (Å²) < 4.78 is 16.9. The van der Waals surface area contributed by atoms with Crippen LogP contribution in [0.1, 0.15) is 387 Å². The molecule has 0 N–H and O–H groups in total. The maximum atomic E-state index is 12.9. The third kappa shape index (κ3) is 66.2. The van der Waals surface area contributed by atoms with Crippen molar-refractivity contribution >= 4 is 17.9 Å². The number of ether oxygens (including phenoxy) is 3. The van der Waals surface area contributed by atoms with Gasteiger partial charge in [0.1, 0.15) is 13.2 Å². The Balaban J connectivity index is 4.03. The van der Waals surface area contributed by atoms with E-state index in [0.717, 1.165) is 83.5 Å². The van der Waals surface area contributed by atoms with E-state index in [0.29, 0.717) is 19.3 Å². The molecule has 0 saturated carbocycles. The van der Waals surface area contributed by atoms with Crippen molar-refractivity contribution in [2.45, 2.75) is 393 Å². The van der Waals surface area contributed by atoms with E-state index in [1.54, 1.807) is 0 Å². The number of carbonyl (C=O) groups is 3. The molecule has 1 atom stereocenters. The fourth-order valence-electron chi connectivity index (χ4n) is 10.8. The van der Waals surface area contributed by atoms with Gasteiger partial charge in [0.15, 0.2) is 6.10 Å². The molecule has 0 saturated heterocycles. The molecular weight excluding hydrogens is 985 g/mol. The lowest BCUT2D eigenvalue weighted by atomic mass is 10.0. The fraction of sp³-hybridized carbons (Fsp3) is 0.851. The first-order valence-electron chi connectivity index (χ1n) is 35.6. The second-order valence-corrected chi connectivity index (χ2v) is 24.1. The lowest BCUT2D eigenvalue weighted by molar-refractivity contribution is -0.167. The number of hydrogen-bond donors (Lipinski definition) is 0. The smallest absolute Gasteiger partial charge is 0.306 e. The van der Waals surface area contributed by atoms with E-state index in [9.17, 15) is 14.4 Å². The molecule has 1 unspecified atom stereocenters. The van der Waals surface area contributed by atoms with Gasteiger partial charge in [0, 0.05) is 19.3 Å². The molecule has 0 aliphatic heterocycles. The Bertz CT molecular complexity index is 1380. The molecule has 80 heavy (non-hydrogen) atoms. The Morgan fingerprint density at radius 1 is 0.263 bits per heavy atom. The van der Waals surface area contributed by atoms with Gasteiger partial charge in [0.25, 0.3) is 0 Å². The van der Waals surface area contributed by atoms with Gasteiger partial charge in [-0.1, -0.05) is 358 Å². The van der Waals surface area contributed by atoms with Crippen molar-refractivity contribution in [1.29, 1.82) is 0 Å². The summed E-state index contributed by atoms with van der Waals surface area (Å²) in [6.07, 6.45) is 87.4. The molecule has 0 bridgehead atoms. The number of esters is 3. The van der Waals surface area contributed by atoms with Gasteiger partial charge in [-0.3, -0.25) is 14.4 Å². The minimum absolute atomic E-state index is 0.0658. The van der Waals surface area contributed by atoms with Gasteiger partial charge in [0.2, 0.25) is 0 Å². The van der Waals surface area contributed by atoms with Crippen LogP contribution in [-0.2, 0) is 28.6 Å². The van der Waals surface area contributed by atoms with Gasteiger partial charge in [-0.25, -0.2) is 0 Å². The van der Waals surface area contributed by atoms with E-state index >= 15 is 0 Å². The van der Waals surface area contributed by atoms with E-state index in [-0.39, 0.29) is 31.1 Å². The van der Waals surface area contributed by atoms with Crippen LogP contribution in [0.15, 0.2) is 48.6 Å². The molecule has 0 spiro atoms. The second kappa shape index (κ2) is 68.9. The molecule has 468 valence electrons. The van der Waals surface area contributed by atoms with Crippen molar-refractivity contribution in [3.05, 3.63) is 48.6 Å². The number of hydrogen-bond acceptors (Lipinski definition) is 6. The van der Waals surface area contributed by atoms with Crippen molar-refractivity contribution < 1.29 is 28.6 Å². The molecule has 0 aromatic carbocycles. The maximum absolute atomic E-state index is 12.9. The highest BCUT2D eigenvalue weighted by atomic mass is 16.6. The van der Waals surface area contributed by atoms with Gasteiger partial charge in [-0.15, -0.1) is 0 Å². The molecule has 0 amide bonds. The molecular formula is C74H136O6. The highest BCUT2D eigenvalue weighted by molar-refractivity contribution is 5.71. The summed E-state index contributed by atoms with van der Waals surface area (Å²) in [5.41, 5.74) is 0. The third-order valence-electron chi connectivity index (χ3n) is 16.1. The van der Waals surface area contributed by atoms with E-state index in [4.69, 9.17) is 14.2 Å². The molecule has 0 aromatic heterocycles. The lowest BCUT2D eigenvalue weighted by Gasteiger charge is -2.18. The molecule has 6 nitrogen and oxygen atoms in total. The summed E-state index contributed by atoms with van der Waals surface area (Å²) in [6.45, 7) is 6.57. The first-order valence-corrected chi connectivity index (χ1v) is 35.6. The van der Waals surface area contributed by atoms with Crippen LogP contribution in [0.4, 0.5) is 0 Å². The lowest BCUT2D eigenvalue weighted by Crippen LogP contribution is -2.30. The zero-order chi connectivity index (χ0) is 57.8. The monoisotopic (exact) mass is 1120 g/mol. The zero-order valence-electron chi connectivity index (χ0n) is 53.9. The average molecular weight is 1120 g/mol. The SMILES string of the molecule is CC/C=C\C/C=C\C/C=C\C/C=C\CCCCCCCCCCCCCCCCCCCCC(=O)OCC(COC(=O)CCCCCCCCCC)OC(=O)CCCCCCCCCCCCCCCCCCCCCCCCC. The summed E-state index contributed by atoms with van der Waals surface area (Å²) in [5, 5.41) is 0. The van der Waals surface area contributed by atoms with Crippen LogP contribution in [0.3, 0.4) is 0 Å². The highest BCUT2D eigenvalue weighted by Gasteiger charge is 2.19. The molecule has 0 fully saturated rings. The van der Waals surface area contributed by atoms with Crippen molar-refractivity contribution in [3.8, 4) is 0 Å². The Hall–Kier alpha value is -2.63. The summed E-state index contributed by atoms with van der Waals surface area (Å²) in [6, 6.07) is 0. The maximum Gasteiger partial charge on any atom is 0.306 e. The van der Waals surface area contributed by atoms with E-state index < -0.39 is 6.10 Å². The number of unbranched alkanes of at least 4 members (excludes halogenated alkanes) is 47. The Kier molecular flexibility index (Phi) is 66.6. The minimum atomic E-state index is -0.767. The molecule has 0 aromatic rings. The van der Waals surface area contributed by atoms with Crippen molar-refractivity contribution in [2.75, 3.05) is 13.2 Å². The van der Waals surface area contributed by atoms with E-state index in [1.165, 1.54) is 263 Å². The van der Waals surface area contributed by atoms with Crippen LogP contribution >= 0.6 is 0 Å². The van der Waals surface area contributed by atoms with Gasteiger partial charge in [-0.05, 0) is 57.8 Å². The van der Waals surface area contributed by atoms with Gasteiger partial charge >= 0.3 is 17.9 Å². The summed E-state index contributed by atoms with van der Waals surface area (Å²) in [7, 11) is 0. The van der Waals surface area contributed by atoms with Crippen LogP contribution in [0, 0.1) is 0 Å². The fourth-order valence-corrected chi connectivity index (χ4v) is 10.8. The Morgan fingerprint density at radius 3 is 0.762 bits per heavy atom. The highest BCUT2D eigenvalue weighted by Crippen LogP contribution is 2.19. The topological polar surface area (TPSA) is 78.9 Å². The molecule has 0 rings (SSSR count). The zero-order valence-corrected chi connectivity index (χ0v) is 53.9. The number of carbonyl (C=O) groups excluding carboxylic acids is 3. The predicted octanol–water partition coefficient (Wildman–Crippen LogP) is 24.5. The van der Waals surface area contributed by atoms with Crippen LogP contribution in [0.2, 0.25) is 0 Å². The molecule has 0 aliphatic carbocycles. The van der Waals surface area contributed by atoms with Gasteiger partial charge in [-0.2, -0.15) is 0 Å². The Morgan fingerprint density at radius 2 is 0.487 bits per heavy atom. The van der Waals surface area contributed by atoms with Crippen LogP contribution in [0.25, 0.3) is 0 Å². The predicted molar refractivity (Wildman–Crippen MR) is 349 cm³/mol. The first-order chi connectivity index (χ1) is 39.5. The summed E-state index contributed by atoms with van der Waals surface area (Å²) in [5.74, 6) is -0.842. The normalized spacial score (nSPS) is 12.3. The molecule has 0 aliphatic rings. The summed E-state index contributed by atoms with van der Waals surface area (Å²) >= 11 is 0. The quantitative estimate of drug-likeness (QED) is 0.0261. The Labute approximate surface area is 498 Å². The number of allylic oxidation sites excluding steroid dienone is 8. The van der Waals surface area contributed by atoms with E-state index in [2.05, 4.69) is 69.4 Å². The first kappa shape index (κ1) is 77.4. The second-order valence-electron chi connectivity index (χ2n) is 24.1. The third-order valence-corrected chi connectivity index (χ3v) is 16.1. The van der Waals surface area contributed by atoms with Crippen LogP contribution in [-0.4, -0.2) is 37.2 Å². The average Bonchev–Trinajstić information content (AvgIpc) is 3.46. The number of rotatable bonds is 66. The standard InChI is InChI=1S/C74H136O6/c1-4-7-10-13-16-19-21-23-25-27-29-31-33-34-35-36-37-38-39-40-42-43-45-47-49-51-53-55-58-61-64-67-73(76)79-70-71(69-78-72(75)66-63-60-57-18-15-12-9-6-3)80-74(77)68-65-62-59-56-54-52-50-48-46-44-41-32-30-28-26-24-22-20-17-14-11-8-5-2/h7,10,16,19,23,25,29,31,71H,4-6,8-9,11-15,17-18,20-22,24,26-28,30,32-70H2,1-3H3/b10-7-,19-16-,25-23-,31-29-. The summed E-state index contributed by atoms with van der Waals surface area (Å²) in [4.78, 5) is 38.2. The van der Waals surface area contributed by atoms with Crippen molar-refractivity contribution in [1.82, 2.24) is 0 Å². The van der Waals surface area contributed by atoms with Gasteiger partial charge in [0.05, 0.1) is 0 Å². The molecule has 0 radical (unpaired) electrons.